The predicted molar refractivity (Wildman–Crippen MR) is 99.0 cm³/mol. The van der Waals surface area contributed by atoms with E-state index in [2.05, 4.69) is 32.8 Å². The van der Waals surface area contributed by atoms with Gasteiger partial charge in [0.1, 0.15) is 5.69 Å². The summed E-state index contributed by atoms with van der Waals surface area (Å²) in [5.74, 6) is -0.0464. The number of benzene rings is 1. The molecule has 7 heteroatoms. The lowest BCUT2D eigenvalue weighted by Crippen LogP contribution is -2.33. The standard InChI is InChI=1S/C18H21N5OS/c24-18(16-6-10-22-23(16)14-4-7-19-8-5-14)20-9-3-13-1-2-15-17(11-13)25-12-21-15/h1-2,6,10-12,14,19H,3-5,7-9H2,(H,20,24). The summed E-state index contributed by atoms with van der Waals surface area (Å²) in [5.41, 5.74) is 4.76. The molecule has 1 fully saturated rings. The maximum Gasteiger partial charge on any atom is 0.269 e. The van der Waals surface area contributed by atoms with Crippen LogP contribution in [-0.4, -0.2) is 40.3 Å². The molecule has 0 spiro atoms. The van der Waals surface area contributed by atoms with Crippen LogP contribution in [0.2, 0.25) is 0 Å². The van der Waals surface area contributed by atoms with Crippen LogP contribution in [0.15, 0.2) is 36.0 Å². The molecule has 0 saturated carbocycles. The van der Waals surface area contributed by atoms with E-state index >= 15 is 0 Å². The molecule has 4 rings (SSSR count). The van der Waals surface area contributed by atoms with Crippen molar-refractivity contribution < 1.29 is 4.79 Å². The molecular weight excluding hydrogens is 334 g/mol. The number of aromatic nitrogens is 3. The summed E-state index contributed by atoms with van der Waals surface area (Å²) >= 11 is 1.64. The smallest absolute Gasteiger partial charge is 0.269 e. The van der Waals surface area contributed by atoms with Gasteiger partial charge in [0, 0.05) is 12.7 Å². The van der Waals surface area contributed by atoms with Gasteiger partial charge in [-0.05, 0) is 56.1 Å². The Labute approximate surface area is 150 Å². The molecule has 3 aromatic rings. The summed E-state index contributed by atoms with van der Waals surface area (Å²) in [6.45, 7) is 2.57. The number of nitrogens with zero attached hydrogens (tertiary/aromatic N) is 3. The lowest BCUT2D eigenvalue weighted by atomic mass is 10.1. The summed E-state index contributed by atoms with van der Waals surface area (Å²) < 4.78 is 3.08. The molecule has 0 aliphatic carbocycles. The van der Waals surface area contributed by atoms with Crippen molar-refractivity contribution in [3.8, 4) is 0 Å². The highest BCUT2D eigenvalue weighted by Crippen LogP contribution is 2.20. The first-order valence-corrected chi connectivity index (χ1v) is 9.54. The number of carbonyl (C=O) groups excluding carboxylic acids is 1. The van der Waals surface area contributed by atoms with E-state index in [1.807, 2.05) is 16.3 Å². The summed E-state index contributed by atoms with van der Waals surface area (Å²) in [6, 6.07) is 8.38. The molecule has 3 heterocycles. The van der Waals surface area contributed by atoms with E-state index in [1.54, 1.807) is 23.6 Å². The Kier molecular flexibility index (Phi) is 4.76. The number of carbonyl (C=O) groups is 1. The fraction of sp³-hybridized carbons (Fsp3) is 0.389. The molecule has 130 valence electrons. The number of fused-ring (bicyclic) bond motifs is 1. The zero-order valence-corrected chi connectivity index (χ0v) is 14.8. The van der Waals surface area contributed by atoms with Crippen LogP contribution in [0.4, 0.5) is 0 Å². The minimum atomic E-state index is -0.0464. The van der Waals surface area contributed by atoms with Crippen LogP contribution in [0.25, 0.3) is 10.2 Å². The quantitative estimate of drug-likeness (QED) is 0.737. The van der Waals surface area contributed by atoms with E-state index in [0.717, 1.165) is 37.9 Å². The summed E-state index contributed by atoms with van der Waals surface area (Å²) in [7, 11) is 0. The Balaban J connectivity index is 1.36. The van der Waals surface area contributed by atoms with Gasteiger partial charge in [0.2, 0.25) is 0 Å². The van der Waals surface area contributed by atoms with Crippen LogP contribution in [0.5, 0.6) is 0 Å². The summed E-state index contributed by atoms with van der Waals surface area (Å²) in [5, 5.41) is 10.7. The molecule has 25 heavy (non-hydrogen) atoms. The first kappa shape index (κ1) is 16.2. The molecule has 0 atom stereocenters. The Morgan fingerprint density at radius 3 is 3.08 bits per heavy atom. The van der Waals surface area contributed by atoms with Gasteiger partial charge in [0.25, 0.3) is 5.91 Å². The van der Waals surface area contributed by atoms with Crippen molar-refractivity contribution in [1.29, 1.82) is 0 Å². The number of rotatable bonds is 5. The molecule has 6 nitrogen and oxygen atoms in total. The number of hydrogen-bond acceptors (Lipinski definition) is 5. The second-order valence-corrected chi connectivity index (χ2v) is 7.19. The third-order valence-corrected chi connectivity index (χ3v) is 5.44. The van der Waals surface area contributed by atoms with E-state index in [-0.39, 0.29) is 5.91 Å². The van der Waals surface area contributed by atoms with Gasteiger partial charge < -0.3 is 10.6 Å². The SMILES string of the molecule is O=C(NCCc1ccc2ncsc2c1)c1ccnn1C1CCNCC1. The van der Waals surface area contributed by atoms with Gasteiger partial charge in [-0.2, -0.15) is 5.10 Å². The Morgan fingerprint density at radius 1 is 1.32 bits per heavy atom. The largest absolute Gasteiger partial charge is 0.350 e. The van der Waals surface area contributed by atoms with E-state index in [9.17, 15) is 4.79 Å². The average Bonchev–Trinajstić information content (AvgIpc) is 3.31. The second kappa shape index (κ2) is 7.33. The van der Waals surface area contributed by atoms with Crippen molar-refractivity contribution in [3.63, 3.8) is 0 Å². The maximum absolute atomic E-state index is 12.5. The molecular formula is C18H21N5OS. The third-order valence-electron chi connectivity index (χ3n) is 4.65. The van der Waals surface area contributed by atoms with Crippen LogP contribution in [-0.2, 0) is 6.42 Å². The molecule has 2 N–H and O–H groups in total. The molecule has 0 bridgehead atoms. The molecule has 1 saturated heterocycles. The molecule has 0 unspecified atom stereocenters. The highest BCUT2D eigenvalue weighted by Gasteiger charge is 2.21. The van der Waals surface area contributed by atoms with Crippen molar-refractivity contribution in [3.05, 3.63) is 47.2 Å². The zero-order valence-electron chi connectivity index (χ0n) is 13.9. The van der Waals surface area contributed by atoms with Gasteiger partial charge >= 0.3 is 0 Å². The van der Waals surface area contributed by atoms with E-state index in [0.29, 0.717) is 18.3 Å². The number of amides is 1. The Hall–Kier alpha value is -2.25. The second-order valence-electron chi connectivity index (χ2n) is 6.30. The first-order chi connectivity index (χ1) is 12.3. The summed E-state index contributed by atoms with van der Waals surface area (Å²) in [4.78, 5) is 16.8. The molecule has 1 aliphatic heterocycles. The average molecular weight is 355 g/mol. The molecule has 2 aromatic heterocycles. The topological polar surface area (TPSA) is 71.8 Å². The Bertz CT molecular complexity index is 865. The number of piperidine rings is 1. The van der Waals surface area contributed by atoms with Gasteiger partial charge in [-0.25, -0.2) is 4.98 Å². The molecule has 1 aromatic carbocycles. The lowest BCUT2D eigenvalue weighted by molar-refractivity contribution is 0.0939. The minimum absolute atomic E-state index is 0.0464. The zero-order chi connectivity index (χ0) is 17.1. The van der Waals surface area contributed by atoms with Gasteiger partial charge in [-0.15, -0.1) is 11.3 Å². The van der Waals surface area contributed by atoms with E-state index < -0.39 is 0 Å². The number of hydrogen-bond donors (Lipinski definition) is 2. The minimum Gasteiger partial charge on any atom is -0.350 e. The Morgan fingerprint density at radius 2 is 2.20 bits per heavy atom. The van der Waals surface area contributed by atoms with Crippen LogP contribution in [0.3, 0.4) is 0 Å². The van der Waals surface area contributed by atoms with Crippen LogP contribution >= 0.6 is 11.3 Å². The van der Waals surface area contributed by atoms with Crippen molar-refractivity contribution in [1.82, 2.24) is 25.4 Å². The highest BCUT2D eigenvalue weighted by atomic mass is 32.1. The lowest BCUT2D eigenvalue weighted by Gasteiger charge is -2.24. The van der Waals surface area contributed by atoms with Crippen LogP contribution in [0, 0.1) is 0 Å². The van der Waals surface area contributed by atoms with Crippen molar-refractivity contribution in [2.45, 2.75) is 25.3 Å². The molecule has 0 radical (unpaired) electrons. The fourth-order valence-electron chi connectivity index (χ4n) is 3.30. The number of nitrogens with one attached hydrogen (secondary N) is 2. The van der Waals surface area contributed by atoms with Crippen molar-refractivity contribution in [2.24, 2.45) is 0 Å². The van der Waals surface area contributed by atoms with E-state index in [1.165, 1.54) is 10.3 Å². The van der Waals surface area contributed by atoms with Gasteiger partial charge in [0.15, 0.2) is 0 Å². The van der Waals surface area contributed by atoms with Gasteiger partial charge in [-0.3, -0.25) is 9.48 Å². The van der Waals surface area contributed by atoms with Crippen molar-refractivity contribution >= 4 is 27.5 Å². The highest BCUT2D eigenvalue weighted by molar-refractivity contribution is 7.16. The molecule has 1 aliphatic rings. The normalized spacial score (nSPS) is 15.5. The summed E-state index contributed by atoms with van der Waals surface area (Å²) in [6.07, 6.45) is 4.55. The van der Waals surface area contributed by atoms with Gasteiger partial charge in [-0.1, -0.05) is 6.07 Å². The monoisotopic (exact) mass is 355 g/mol. The van der Waals surface area contributed by atoms with Crippen molar-refractivity contribution in [2.75, 3.05) is 19.6 Å². The fourth-order valence-corrected chi connectivity index (χ4v) is 4.04. The van der Waals surface area contributed by atoms with Crippen LogP contribution in [0.1, 0.15) is 34.9 Å². The predicted octanol–water partition coefficient (Wildman–Crippen LogP) is 2.39. The number of thiazole rings is 1. The van der Waals surface area contributed by atoms with Gasteiger partial charge in [0.05, 0.1) is 21.8 Å². The molecule has 1 amide bonds. The van der Waals surface area contributed by atoms with Crippen LogP contribution < -0.4 is 10.6 Å². The van der Waals surface area contributed by atoms with E-state index in [4.69, 9.17) is 0 Å². The third kappa shape index (κ3) is 3.57. The maximum atomic E-state index is 12.5. The first-order valence-electron chi connectivity index (χ1n) is 8.66.